The van der Waals surface area contributed by atoms with Crippen LogP contribution in [0.2, 0.25) is 0 Å². The van der Waals surface area contributed by atoms with Crippen molar-refractivity contribution in [1.29, 1.82) is 0 Å². The van der Waals surface area contributed by atoms with Gasteiger partial charge < -0.3 is 4.74 Å². The highest BCUT2D eigenvalue weighted by atomic mass is 19.2. The number of rotatable bonds is 16. The van der Waals surface area contributed by atoms with Crippen LogP contribution in [0.1, 0.15) is 117 Å². The average molecular weight is 453 g/mol. The Morgan fingerprint density at radius 2 is 1.53 bits per heavy atom. The largest absolute Gasteiger partial charge is 0.359 e. The van der Waals surface area contributed by atoms with E-state index in [-0.39, 0.29) is 18.1 Å². The molecule has 0 aromatic rings. The van der Waals surface area contributed by atoms with Crippen molar-refractivity contribution < 1.29 is 18.3 Å². The molecule has 1 fully saturated rings. The topological polar surface area (TPSA) is 26.3 Å². The van der Waals surface area contributed by atoms with Crippen LogP contribution in [0.4, 0.5) is 8.78 Å². The van der Waals surface area contributed by atoms with Crippen LogP contribution in [-0.4, -0.2) is 24.2 Å². The van der Waals surface area contributed by atoms with Crippen molar-refractivity contribution in [2.75, 3.05) is 6.61 Å². The van der Waals surface area contributed by atoms with E-state index in [4.69, 9.17) is 4.74 Å². The molecule has 2 rings (SSSR count). The summed E-state index contributed by atoms with van der Waals surface area (Å²) in [6, 6.07) is 0. The summed E-state index contributed by atoms with van der Waals surface area (Å²) in [6.45, 7) is 4.70. The maximum atomic E-state index is 15.0. The van der Waals surface area contributed by atoms with Crippen molar-refractivity contribution >= 4 is 5.78 Å². The van der Waals surface area contributed by atoms with Crippen molar-refractivity contribution in [3.63, 3.8) is 0 Å². The lowest BCUT2D eigenvalue weighted by Crippen LogP contribution is -2.50. The third-order valence-electron chi connectivity index (χ3n) is 7.40. The predicted octanol–water partition coefficient (Wildman–Crippen LogP) is 8.60. The molecule has 2 aliphatic rings. The third kappa shape index (κ3) is 8.39. The molecule has 0 amide bonds. The molecule has 32 heavy (non-hydrogen) atoms. The molecule has 2 atom stereocenters. The van der Waals surface area contributed by atoms with Crippen molar-refractivity contribution in [3.05, 3.63) is 24.1 Å². The smallest absolute Gasteiger partial charge is 0.191 e. The number of carbonyl (C=O) groups is 1. The van der Waals surface area contributed by atoms with Gasteiger partial charge in [-0.3, -0.25) is 4.79 Å². The fourth-order valence-electron chi connectivity index (χ4n) is 5.22. The van der Waals surface area contributed by atoms with E-state index >= 15 is 4.39 Å². The van der Waals surface area contributed by atoms with E-state index in [1.807, 2.05) is 0 Å². The summed E-state index contributed by atoms with van der Waals surface area (Å²) in [5.74, 6) is -0.167. The van der Waals surface area contributed by atoms with E-state index in [1.54, 1.807) is 0 Å². The lowest BCUT2D eigenvalue weighted by molar-refractivity contribution is -0.147. The van der Waals surface area contributed by atoms with E-state index in [0.29, 0.717) is 6.61 Å². The summed E-state index contributed by atoms with van der Waals surface area (Å²) in [4.78, 5) is 13.3. The van der Waals surface area contributed by atoms with Crippen LogP contribution < -0.4 is 0 Å². The number of allylic oxidation sites excluding steroid dienone is 2. The molecule has 0 bridgehead atoms. The van der Waals surface area contributed by atoms with Gasteiger partial charge >= 0.3 is 0 Å². The molecular weight excluding hydrogens is 406 g/mol. The third-order valence-corrected chi connectivity index (χ3v) is 7.40. The minimum atomic E-state index is -2.03. The number of ether oxygens (including phenoxy) is 1. The molecule has 0 heterocycles. The van der Waals surface area contributed by atoms with Crippen LogP contribution in [0, 0.1) is 11.8 Å². The number of alkyl halides is 1. The van der Waals surface area contributed by atoms with Gasteiger partial charge in [0.25, 0.3) is 0 Å². The van der Waals surface area contributed by atoms with E-state index < -0.39 is 17.6 Å². The van der Waals surface area contributed by atoms with Crippen LogP contribution >= 0.6 is 0 Å². The number of halogens is 2. The quantitative estimate of drug-likeness (QED) is 0.219. The van der Waals surface area contributed by atoms with Gasteiger partial charge in [0, 0.05) is 13.0 Å². The Labute approximate surface area is 195 Å². The first-order valence-corrected chi connectivity index (χ1v) is 13.4. The Balaban J connectivity index is 1.84. The zero-order valence-electron chi connectivity index (χ0n) is 20.6. The maximum absolute atomic E-state index is 15.0. The molecule has 0 aromatic carbocycles. The van der Waals surface area contributed by atoms with Gasteiger partial charge in [0.2, 0.25) is 0 Å². The minimum absolute atomic E-state index is 0.262. The number of ketones is 1. The van der Waals surface area contributed by atoms with Crippen molar-refractivity contribution in [2.45, 2.75) is 128 Å². The fraction of sp³-hybridized carbons (Fsp3) is 0.821. The van der Waals surface area contributed by atoms with E-state index in [1.165, 1.54) is 63.5 Å². The highest BCUT2D eigenvalue weighted by Crippen LogP contribution is 2.38. The number of carbonyl (C=O) groups excluding carboxylic acids is 1. The van der Waals surface area contributed by atoms with Crippen molar-refractivity contribution in [1.82, 2.24) is 0 Å². The van der Waals surface area contributed by atoms with E-state index in [2.05, 4.69) is 13.8 Å². The minimum Gasteiger partial charge on any atom is -0.359 e. The molecule has 2 unspecified atom stereocenters. The van der Waals surface area contributed by atoms with Gasteiger partial charge in [0.1, 0.15) is 5.83 Å². The van der Waals surface area contributed by atoms with Gasteiger partial charge in [0.05, 0.1) is 0 Å². The van der Waals surface area contributed by atoms with Crippen molar-refractivity contribution in [3.8, 4) is 0 Å². The molecule has 1 saturated carbocycles. The molecule has 2 aliphatic carbocycles. The Morgan fingerprint density at radius 1 is 0.938 bits per heavy atom. The van der Waals surface area contributed by atoms with Gasteiger partial charge in [-0.1, -0.05) is 97.0 Å². The summed E-state index contributed by atoms with van der Waals surface area (Å²) in [5, 5.41) is 0. The van der Waals surface area contributed by atoms with Gasteiger partial charge in [-0.2, -0.15) is 0 Å². The number of Topliss-reactive ketones (excluding diaryl/α,β-unsaturated/α-hetero) is 1. The van der Waals surface area contributed by atoms with Crippen LogP contribution in [0.3, 0.4) is 0 Å². The predicted molar refractivity (Wildman–Crippen MR) is 129 cm³/mol. The van der Waals surface area contributed by atoms with E-state index in [0.717, 1.165) is 56.9 Å². The van der Waals surface area contributed by atoms with Crippen molar-refractivity contribution in [2.24, 2.45) is 11.8 Å². The number of hydrogen-bond acceptors (Lipinski definition) is 2. The average Bonchev–Trinajstić information content (AvgIpc) is 2.80. The second-order valence-corrected chi connectivity index (χ2v) is 10.0. The monoisotopic (exact) mass is 452 g/mol. The molecule has 0 spiro atoms. The summed E-state index contributed by atoms with van der Waals surface area (Å²) in [5.41, 5.74) is -1.78. The molecular formula is C28H46F2O2. The van der Waals surface area contributed by atoms with Gasteiger partial charge in [-0.05, 0) is 43.3 Å². The summed E-state index contributed by atoms with van der Waals surface area (Å²) in [6.07, 6.45) is 19.5. The van der Waals surface area contributed by atoms with Gasteiger partial charge in [0.15, 0.2) is 17.6 Å². The molecule has 2 nitrogen and oxygen atoms in total. The lowest BCUT2D eigenvalue weighted by Gasteiger charge is -2.36. The van der Waals surface area contributed by atoms with Crippen LogP contribution in [0.5, 0.6) is 0 Å². The molecule has 184 valence electrons. The Hall–Kier alpha value is -1.03. The normalized spacial score (nSPS) is 28.0. The first-order valence-electron chi connectivity index (χ1n) is 13.4. The molecule has 0 N–H and O–H groups in total. The van der Waals surface area contributed by atoms with Crippen LogP contribution in [0.15, 0.2) is 24.1 Å². The maximum Gasteiger partial charge on any atom is 0.191 e. The SMILES string of the molecule is CCCCCCCCOC1(C(=O)C[C@H]2CC[C@H](CCCCCC)CC2)C=CC=C(F)C1F. The fourth-order valence-corrected chi connectivity index (χ4v) is 5.22. The molecule has 0 aromatic heterocycles. The summed E-state index contributed by atoms with van der Waals surface area (Å²) < 4.78 is 35.0. The Bertz CT molecular complexity index is 592. The van der Waals surface area contributed by atoms with E-state index in [9.17, 15) is 9.18 Å². The highest BCUT2D eigenvalue weighted by Gasteiger charge is 2.49. The highest BCUT2D eigenvalue weighted by molar-refractivity contribution is 5.91. The number of unbranched alkanes of at least 4 members (excludes halogenated alkanes) is 8. The zero-order valence-corrected chi connectivity index (χ0v) is 20.6. The Morgan fingerprint density at radius 3 is 2.22 bits per heavy atom. The molecule has 4 heteroatoms. The van der Waals surface area contributed by atoms with Gasteiger partial charge in [-0.25, -0.2) is 8.78 Å². The zero-order chi connectivity index (χ0) is 23.2. The summed E-state index contributed by atoms with van der Waals surface area (Å²) in [7, 11) is 0. The van der Waals surface area contributed by atoms with Gasteiger partial charge in [-0.15, -0.1) is 0 Å². The number of hydrogen-bond donors (Lipinski definition) is 0. The first kappa shape index (κ1) is 27.2. The second kappa shape index (κ2) is 15.0. The summed E-state index contributed by atoms with van der Waals surface area (Å²) >= 11 is 0. The second-order valence-electron chi connectivity index (χ2n) is 10.0. The lowest BCUT2D eigenvalue weighted by atomic mass is 9.75. The Kier molecular flexibility index (Phi) is 12.7. The standard InChI is InChI=1S/C28H46F2O2/c1-3-5-7-9-10-12-21-32-28(20-13-15-25(29)27(28)30)26(31)22-24-18-16-23(17-19-24)14-11-8-6-4-2/h13,15,20,23-24,27H,3-12,14,16-19,21-22H2,1-2H3/t23-,24-,27?,28?. The first-order chi connectivity index (χ1) is 15.5. The molecule has 0 aliphatic heterocycles. The van der Waals surface area contributed by atoms with Crippen LogP contribution in [0.25, 0.3) is 0 Å². The molecule has 0 radical (unpaired) electrons. The van der Waals surface area contributed by atoms with Crippen LogP contribution in [-0.2, 0) is 9.53 Å². The molecule has 0 saturated heterocycles.